The fraction of sp³-hybridized carbons (Fsp3) is 0.611. The van der Waals surface area contributed by atoms with Crippen LogP contribution in [0.3, 0.4) is 0 Å². The molecule has 0 saturated heterocycles. The van der Waals surface area contributed by atoms with Gasteiger partial charge in [-0.15, -0.1) is 0 Å². The van der Waals surface area contributed by atoms with Crippen LogP contribution >= 0.6 is 0 Å². The van der Waals surface area contributed by atoms with E-state index in [-0.39, 0.29) is 11.6 Å². The summed E-state index contributed by atoms with van der Waals surface area (Å²) in [5, 5.41) is 10.6. The van der Waals surface area contributed by atoms with E-state index in [9.17, 15) is 5.11 Å². The van der Waals surface area contributed by atoms with Gasteiger partial charge >= 0.3 is 0 Å². The molecule has 106 valence electrons. The molecule has 1 aromatic rings. The largest absolute Gasteiger partial charge is 0.390 e. The summed E-state index contributed by atoms with van der Waals surface area (Å²) in [4.78, 5) is 5.08. The molecule has 4 aliphatic carbocycles. The second kappa shape index (κ2) is 4.42. The van der Waals surface area contributed by atoms with Crippen molar-refractivity contribution >= 4 is 5.71 Å². The maximum Gasteiger partial charge on any atom is 0.0720 e. The summed E-state index contributed by atoms with van der Waals surface area (Å²) < 4.78 is 0. The highest BCUT2D eigenvalue weighted by Crippen LogP contribution is 2.54. The number of hydrogen-bond acceptors (Lipinski definition) is 2. The number of hydrogen-bond donors (Lipinski definition) is 1. The average molecular weight is 269 g/mol. The molecule has 5 rings (SSSR count). The van der Waals surface area contributed by atoms with Crippen molar-refractivity contribution in [1.82, 2.24) is 0 Å². The summed E-state index contributed by atoms with van der Waals surface area (Å²) in [5.41, 5.74) is 2.36. The standard InChI is InChI=1S/C18H23NO/c1-12(14-5-3-2-4-6-14)19-17-15-7-13-8-16(17)11-18(20,9-13)10-15/h2-6,12-13,15-16,20H,7-11H2,1H3/b19-17-/t12-,13-,15-,16+,18-/m0/s1. The molecule has 0 radical (unpaired) electrons. The van der Waals surface area contributed by atoms with Gasteiger partial charge in [0.2, 0.25) is 0 Å². The van der Waals surface area contributed by atoms with Crippen molar-refractivity contribution in [3.63, 3.8) is 0 Å². The Labute approximate surface area is 120 Å². The Morgan fingerprint density at radius 2 is 1.75 bits per heavy atom. The maximum atomic E-state index is 10.6. The molecule has 1 N–H and O–H groups in total. The summed E-state index contributed by atoms with van der Waals surface area (Å²) in [5.74, 6) is 1.86. The number of rotatable bonds is 2. The lowest BCUT2D eigenvalue weighted by Gasteiger charge is -2.55. The van der Waals surface area contributed by atoms with Crippen LogP contribution in [0.15, 0.2) is 35.3 Å². The van der Waals surface area contributed by atoms with Gasteiger partial charge in [0.05, 0.1) is 11.6 Å². The number of nitrogens with zero attached hydrogens (tertiary/aromatic N) is 1. The van der Waals surface area contributed by atoms with Gasteiger partial charge in [-0.05, 0) is 50.5 Å². The normalized spacial score (nSPS) is 42.1. The molecule has 2 heteroatoms. The lowest BCUT2D eigenvalue weighted by atomic mass is 9.53. The van der Waals surface area contributed by atoms with E-state index in [0.29, 0.717) is 11.8 Å². The molecule has 0 aromatic heterocycles. The fourth-order valence-corrected chi connectivity index (χ4v) is 4.96. The zero-order valence-corrected chi connectivity index (χ0v) is 12.1. The second-order valence-electron chi connectivity index (χ2n) is 7.21. The highest BCUT2D eigenvalue weighted by atomic mass is 16.3. The lowest BCUT2D eigenvalue weighted by molar-refractivity contribution is -0.0825. The summed E-state index contributed by atoms with van der Waals surface area (Å²) in [6.07, 6.45) is 5.49. The van der Waals surface area contributed by atoms with Crippen molar-refractivity contribution in [3.8, 4) is 0 Å². The minimum Gasteiger partial charge on any atom is -0.390 e. The van der Waals surface area contributed by atoms with Crippen LogP contribution in [0.4, 0.5) is 0 Å². The Morgan fingerprint density at radius 1 is 1.10 bits per heavy atom. The van der Waals surface area contributed by atoms with E-state index in [1.165, 1.54) is 24.1 Å². The van der Waals surface area contributed by atoms with Gasteiger partial charge in [0, 0.05) is 17.5 Å². The molecule has 2 nitrogen and oxygen atoms in total. The monoisotopic (exact) mass is 269 g/mol. The third-order valence-electron chi connectivity index (χ3n) is 5.62. The smallest absolute Gasteiger partial charge is 0.0720 e. The number of aliphatic hydroxyl groups is 1. The Morgan fingerprint density at radius 3 is 2.35 bits per heavy atom. The Bertz CT molecular complexity index is 518. The predicted molar refractivity (Wildman–Crippen MR) is 80.8 cm³/mol. The third kappa shape index (κ3) is 2.01. The molecule has 0 heterocycles. The first kappa shape index (κ1) is 12.6. The SMILES string of the molecule is C[C@H](/N=C1\[C@@H]2C[C@@H]3C[C@H]1C[C@@](O)(C3)C2)c1ccccc1. The second-order valence-corrected chi connectivity index (χ2v) is 7.21. The fourth-order valence-electron chi connectivity index (χ4n) is 4.96. The maximum absolute atomic E-state index is 10.6. The minimum absolute atomic E-state index is 0.248. The van der Waals surface area contributed by atoms with Crippen LogP contribution in [0, 0.1) is 17.8 Å². The molecule has 5 atom stereocenters. The zero-order valence-electron chi connectivity index (χ0n) is 12.1. The molecule has 0 aliphatic heterocycles. The van der Waals surface area contributed by atoms with E-state index in [0.717, 1.165) is 25.2 Å². The van der Waals surface area contributed by atoms with Gasteiger partial charge in [-0.2, -0.15) is 0 Å². The van der Waals surface area contributed by atoms with E-state index < -0.39 is 0 Å². The van der Waals surface area contributed by atoms with Crippen molar-refractivity contribution in [1.29, 1.82) is 0 Å². The summed E-state index contributed by atoms with van der Waals surface area (Å²) in [6.45, 7) is 2.20. The van der Waals surface area contributed by atoms with E-state index >= 15 is 0 Å². The topological polar surface area (TPSA) is 32.6 Å². The van der Waals surface area contributed by atoms with Gasteiger partial charge in [0.25, 0.3) is 0 Å². The van der Waals surface area contributed by atoms with Crippen molar-refractivity contribution in [2.75, 3.05) is 0 Å². The van der Waals surface area contributed by atoms with Crippen LogP contribution in [-0.2, 0) is 0 Å². The van der Waals surface area contributed by atoms with Crippen LogP contribution in [-0.4, -0.2) is 16.4 Å². The van der Waals surface area contributed by atoms with Crippen molar-refractivity contribution in [2.24, 2.45) is 22.7 Å². The molecule has 0 amide bonds. The molecule has 4 fully saturated rings. The van der Waals surface area contributed by atoms with Gasteiger partial charge in [-0.1, -0.05) is 30.3 Å². The molecule has 0 spiro atoms. The lowest BCUT2D eigenvalue weighted by Crippen LogP contribution is -2.55. The van der Waals surface area contributed by atoms with Crippen molar-refractivity contribution in [3.05, 3.63) is 35.9 Å². The molecule has 4 saturated carbocycles. The van der Waals surface area contributed by atoms with E-state index in [2.05, 4.69) is 37.3 Å². The van der Waals surface area contributed by atoms with Crippen molar-refractivity contribution in [2.45, 2.75) is 50.7 Å². The molecule has 0 unspecified atom stereocenters. The first-order chi connectivity index (χ1) is 9.63. The Kier molecular flexibility index (Phi) is 2.78. The first-order valence-corrected chi connectivity index (χ1v) is 7.98. The highest BCUT2D eigenvalue weighted by molar-refractivity contribution is 5.91. The Balaban J connectivity index is 1.62. The van der Waals surface area contributed by atoms with E-state index in [4.69, 9.17) is 4.99 Å². The van der Waals surface area contributed by atoms with Crippen LogP contribution in [0.1, 0.15) is 50.6 Å². The molecular formula is C18H23NO. The van der Waals surface area contributed by atoms with Gasteiger partial charge in [0.1, 0.15) is 0 Å². The van der Waals surface area contributed by atoms with Crippen LogP contribution in [0.2, 0.25) is 0 Å². The summed E-state index contributed by atoms with van der Waals surface area (Å²) in [7, 11) is 0. The van der Waals surface area contributed by atoms with Gasteiger partial charge in [0.15, 0.2) is 0 Å². The predicted octanol–water partition coefficient (Wildman–Crippen LogP) is 3.76. The molecule has 4 aliphatic rings. The zero-order chi connectivity index (χ0) is 13.7. The van der Waals surface area contributed by atoms with Crippen molar-refractivity contribution < 1.29 is 5.11 Å². The van der Waals surface area contributed by atoms with Crippen LogP contribution in [0.25, 0.3) is 0 Å². The number of benzene rings is 1. The quantitative estimate of drug-likeness (QED) is 0.871. The first-order valence-electron chi connectivity index (χ1n) is 7.98. The third-order valence-corrected chi connectivity index (χ3v) is 5.62. The molecular weight excluding hydrogens is 246 g/mol. The molecule has 4 bridgehead atoms. The highest BCUT2D eigenvalue weighted by Gasteiger charge is 2.53. The Hall–Kier alpha value is -1.15. The molecule has 20 heavy (non-hydrogen) atoms. The van der Waals surface area contributed by atoms with Crippen LogP contribution < -0.4 is 0 Å². The summed E-state index contributed by atoms with van der Waals surface area (Å²) >= 11 is 0. The van der Waals surface area contributed by atoms with E-state index in [1.807, 2.05) is 0 Å². The average Bonchev–Trinajstić information content (AvgIpc) is 2.42. The van der Waals surface area contributed by atoms with E-state index in [1.54, 1.807) is 0 Å². The van der Waals surface area contributed by atoms with Gasteiger partial charge in [-0.3, -0.25) is 4.99 Å². The molecule has 1 aromatic carbocycles. The van der Waals surface area contributed by atoms with Gasteiger partial charge < -0.3 is 5.11 Å². The summed E-state index contributed by atoms with van der Waals surface area (Å²) in [6, 6.07) is 10.8. The number of aliphatic imine (C=N–C) groups is 1. The van der Waals surface area contributed by atoms with Gasteiger partial charge in [-0.25, -0.2) is 0 Å². The van der Waals surface area contributed by atoms with Crippen LogP contribution in [0.5, 0.6) is 0 Å². The minimum atomic E-state index is -0.356.